The first-order valence-corrected chi connectivity index (χ1v) is 11.6. The Hall–Kier alpha value is -2.72. The van der Waals surface area contributed by atoms with Gasteiger partial charge in [0, 0.05) is 24.6 Å². The average Bonchev–Trinajstić information content (AvgIpc) is 2.75. The number of halogens is 1. The number of amidine groups is 1. The number of carbonyl (C=O) groups is 1. The largest absolute Gasteiger partial charge is 0.476 e. The summed E-state index contributed by atoms with van der Waals surface area (Å²) in [6, 6.07) is 4.43. The maximum Gasteiger partial charge on any atom is 0.275 e. The van der Waals surface area contributed by atoms with E-state index in [0.717, 1.165) is 0 Å². The Morgan fingerprint density at radius 1 is 1.36 bits per heavy atom. The fourth-order valence-electron chi connectivity index (χ4n) is 3.48. The highest BCUT2D eigenvalue weighted by Gasteiger charge is 2.29. The summed E-state index contributed by atoms with van der Waals surface area (Å²) in [5, 5.41) is 3.14. The number of aliphatic imine (C=N–C) groups is 1. The van der Waals surface area contributed by atoms with Gasteiger partial charge < -0.3 is 20.5 Å². The van der Waals surface area contributed by atoms with E-state index < -0.39 is 10.7 Å². The minimum Gasteiger partial charge on any atom is -0.476 e. The van der Waals surface area contributed by atoms with Crippen molar-refractivity contribution in [2.45, 2.75) is 37.4 Å². The molecule has 0 spiro atoms. The summed E-state index contributed by atoms with van der Waals surface area (Å²) in [4.78, 5) is 24.9. The number of ether oxygens (including phenoxy) is 2. The molecule has 1 aromatic heterocycles. The van der Waals surface area contributed by atoms with Crippen LogP contribution in [-0.2, 0) is 11.2 Å². The van der Waals surface area contributed by atoms with Crippen molar-refractivity contribution in [2.24, 2.45) is 16.6 Å². The molecule has 3 N–H and O–H groups in total. The van der Waals surface area contributed by atoms with E-state index in [4.69, 9.17) is 15.2 Å². The monoisotopic (exact) mass is 475 g/mol. The van der Waals surface area contributed by atoms with Gasteiger partial charge in [-0.1, -0.05) is 18.2 Å². The van der Waals surface area contributed by atoms with Crippen LogP contribution >= 0.6 is 11.8 Å². The Morgan fingerprint density at radius 2 is 2.15 bits per heavy atom. The van der Waals surface area contributed by atoms with Crippen LogP contribution in [0.25, 0.3) is 0 Å². The third kappa shape index (κ3) is 7.13. The smallest absolute Gasteiger partial charge is 0.275 e. The molecule has 1 aliphatic rings. The highest BCUT2D eigenvalue weighted by atomic mass is 32.2. The molecule has 1 aromatic carbocycles. The second-order valence-electron chi connectivity index (χ2n) is 8.33. The van der Waals surface area contributed by atoms with Crippen molar-refractivity contribution in [1.82, 2.24) is 9.97 Å². The zero-order valence-corrected chi connectivity index (χ0v) is 20.0. The topological polar surface area (TPSA) is 112 Å². The molecule has 8 nitrogen and oxygen atoms in total. The normalized spacial score (nSPS) is 16.1. The molecule has 10 heteroatoms. The Balaban J connectivity index is 1.66. The fraction of sp³-hybridized carbons (Fsp3) is 0.478. The number of anilines is 1. The molecule has 0 aliphatic heterocycles. The molecule has 1 amide bonds. The van der Waals surface area contributed by atoms with Crippen LogP contribution in [-0.4, -0.2) is 53.2 Å². The molecule has 178 valence electrons. The SMILES string of the molecule is CN=C(N)S[C@@](C)(COC)Cc1cc(NC(=O)c2cnc(OCC3CCC3)cn2)ccc1F. The quantitative estimate of drug-likeness (QED) is 0.398. The van der Waals surface area contributed by atoms with Crippen LogP contribution in [0, 0.1) is 11.7 Å². The lowest BCUT2D eigenvalue weighted by molar-refractivity contribution is 0.102. The van der Waals surface area contributed by atoms with Crippen molar-refractivity contribution in [1.29, 1.82) is 0 Å². The van der Waals surface area contributed by atoms with E-state index in [0.29, 0.717) is 47.9 Å². The molecule has 0 bridgehead atoms. The van der Waals surface area contributed by atoms with Gasteiger partial charge in [-0.2, -0.15) is 0 Å². The Labute approximate surface area is 197 Å². The van der Waals surface area contributed by atoms with E-state index in [1.165, 1.54) is 55.6 Å². The molecule has 1 atom stereocenters. The summed E-state index contributed by atoms with van der Waals surface area (Å²) >= 11 is 1.32. The number of thioether (sulfide) groups is 1. The molecular formula is C23H30FN5O3S. The van der Waals surface area contributed by atoms with Gasteiger partial charge in [0.15, 0.2) is 5.17 Å². The van der Waals surface area contributed by atoms with Crippen molar-refractivity contribution < 1.29 is 18.7 Å². The van der Waals surface area contributed by atoms with Gasteiger partial charge >= 0.3 is 0 Å². The van der Waals surface area contributed by atoms with Gasteiger partial charge in [-0.3, -0.25) is 9.79 Å². The van der Waals surface area contributed by atoms with Crippen LogP contribution in [0.15, 0.2) is 35.6 Å². The van der Waals surface area contributed by atoms with Gasteiger partial charge in [0.1, 0.15) is 11.5 Å². The fourth-order valence-corrected chi connectivity index (χ4v) is 4.48. The first-order chi connectivity index (χ1) is 15.8. The predicted octanol–water partition coefficient (Wildman–Crippen LogP) is 3.67. The summed E-state index contributed by atoms with van der Waals surface area (Å²) < 4.78 is 25.0. The van der Waals surface area contributed by atoms with Crippen LogP contribution in [0.5, 0.6) is 5.88 Å². The summed E-state index contributed by atoms with van der Waals surface area (Å²) in [7, 11) is 3.18. The number of benzene rings is 1. The van der Waals surface area contributed by atoms with Crippen molar-refractivity contribution in [3.63, 3.8) is 0 Å². The maximum absolute atomic E-state index is 14.6. The number of hydrogen-bond acceptors (Lipinski definition) is 7. The number of aromatic nitrogens is 2. The summed E-state index contributed by atoms with van der Waals surface area (Å²) in [6.07, 6.45) is 6.73. The van der Waals surface area contributed by atoms with Crippen LogP contribution in [0.1, 0.15) is 42.2 Å². The molecule has 0 saturated heterocycles. The van der Waals surface area contributed by atoms with E-state index >= 15 is 0 Å². The predicted molar refractivity (Wildman–Crippen MR) is 128 cm³/mol. The molecule has 1 heterocycles. The second-order valence-corrected chi connectivity index (χ2v) is 9.94. The van der Waals surface area contributed by atoms with Gasteiger partial charge in [0.05, 0.1) is 25.6 Å². The number of carbonyl (C=O) groups excluding carboxylic acids is 1. The van der Waals surface area contributed by atoms with Crippen molar-refractivity contribution in [2.75, 3.05) is 32.7 Å². The Kier molecular flexibility index (Phi) is 8.62. The van der Waals surface area contributed by atoms with Crippen molar-refractivity contribution in [3.8, 4) is 5.88 Å². The van der Waals surface area contributed by atoms with E-state index in [1.807, 2.05) is 6.92 Å². The third-order valence-corrected chi connectivity index (χ3v) is 6.59. The van der Waals surface area contributed by atoms with Crippen LogP contribution in [0.4, 0.5) is 10.1 Å². The van der Waals surface area contributed by atoms with Crippen LogP contribution < -0.4 is 15.8 Å². The van der Waals surface area contributed by atoms with Gasteiger partial charge in [-0.05, 0) is 55.9 Å². The molecular weight excluding hydrogens is 445 g/mol. The summed E-state index contributed by atoms with van der Waals surface area (Å²) in [5.41, 5.74) is 6.90. The Bertz CT molecular complexity index is 985. The second kappa shape index (κ2) is 11.4. The van der Waals surface area contributed by atoms with Gasteiger partial charge in [0.2, 0.25) is 5.88 Å². The summed E-state index contributed by atoms with van der Waals surface area (Å²) in [5.74, 6) is 0.155. The average molecular weight is 476 g/mol. The lowest BCUT2D eigenvalue weighted by atomic mass is 9.86. The zero-order chi connectivity index (χ0) is 23.8. The minimum absolute atomic E-state index is 0.142. The maximum atomic E-state index is 14.6. The van der Waals surface area contributed by atoms with Crippen molar-refractivity contribution >= 4 is 28.5 Å². The van der Waals surface area contributed by atoms with Gasteiger partial charge in [-0.25, -0.2) is 14.4 Å². The first-order valence-electron chi connectivity index (χ1n) is 10.8. The van der Waals surface area contributed by atoms with E-state index in [9.17, 15) is 9.18 Å². The molecule has 0 unspecified atom stereocenters. The van der Waals surface area contributed by atoms with Gasteiger partial charge in [-0.15, -0.1) is 0 Å². The van der Waals surface area contributed by atoms with Crippen LogP contribution in [0.3, 0.4) is 0 Å². The molecule has 3 rings (SSSR count). The molecule has 0 radical (unpaired) electrons. The third-order valence-electron chi connectivity index (χ3n) is 5.44. The number of rotatable bonds is 10. The number of nitrogens with one attached hydrogen (secondary N) is 1. The highest BCUT2D eigenvalue weighted by molar-refractivity contribution is 8.15. The van der Waals surface area contributed by atoms with Gasteiger partial charge in [0.25, 0.3) is 5.91 Å². The molecule has 33 heavy (non-hydrogen) atoms. The Morgan fingerprint density at radius 3 is 2.76 bits per heavy atom. The van der Waals surface area contributed by atoms with E-state index in [2.05, 4.69) is 20.3 Å². The molecule has 1 aliphatic carbocycles. The molecule has 2 aromatic rings. The number of nitrogens with two attached hydrogens (primary N) is 1. The van der Waals surface area contributed by atoms with E-state index in [1.54, 1.807) is 20.2 Å². The zero-order valence-electron chi connectivity index (χ0n) is 19.1. The van der Waals surface area contributed by atoms with E-state index in [-0.39, 0.29) is 11.5 Å². The lowest BCUT2D eigenvalue weighted by Gasteiger charge is -2.28. The molecule has 1 saturated carbocycles. The highest BCUT2D eigenvalue weighted by Crippen LogP contribution is 2.31. The van der Waals surface area contributed by atoms with Crippen LogP contribution in [0.2, 0.25) is 0 Å². The van der Waals surface area contributed by atoms with Crippen molar-refractivity contribution in [3.05, 3.63) is 47.7 Å². The molecule has 1 fully saturated rings. The lowest BCUT2D eigenvalue weighted by Crippen LogP contribution is -2.33. The number of hydrogen-bond donors (Lipinski definition) is 2. The minimum atomic E-state index is -0.539. The number of methoxy groups -OCH3 is 1. The first kappa shape index (κ1) is 24.9. The standard InChI is InChI=1S/C23H30FN5O3S/c1-23(14-31-3,33-22(25)26-2)10-16-9-17(7-8-18(16)24)29-21(30)19-11-28-20(12-27-19)32-13-15-5-4-6-15/h7-9,11-12,15H,4-6,10,13-14H2,1-3H3,(H2,25,26)(H,29,30)/t23-/m1/s1. The number of amides is 1. The number of nitrogens with zero attached hydrogens (tertiary/aromatic N) is 3. The summed E-state index contributed by atoms with van der Waals surface area (Å²) in [6.45, 7) is 2.89.